The molecule has 0 fully saturated rings. The van der Waals surface area contributed by atoms with Gasteiger partial charge in [0.25, 0.3) is 0 Å². The molecule has 0 saturated heterocycles. The van der Waals surface area contributed by atoms with E-state index in [4.69, 9.17) is 16.3 Å². The number of halogens is 1. The van der Waals surface area contributed by atoms with Gasteiger partial charge in [0.1, 0.15) is 11.8 Å². The fraction of sp³-hybridized carbons (Fsp3) is 0.105. The zero-order chi connectivity index (χ0) is 18.4. The molecule has 0 bridgehead atoms. The number of anilines is 1. The Bertz CT molecular complexity index is 960. The van der Waals surface area contributed by atoms with E-state index in [9.17, 15) is 5.26 Å². The molecule has 7 heteroatoms. The maximum absolute atomic E-state index is 9.39. The highest BCUT2D eigenvalue weighted by molar-refractivity contribution is 7.12. The first kappa shape index (κ1) is 17.9. The highest BCUT2D eigenvalue weighted by Gasteiger charge is 2.10. The maximum Gasteiger partial charge on any atom is 0.196 e. The molecule has 3 rings (SSSR count). The second-order valence-corrected chi connectivity index (χ2v) is 6.48. The first-order valence-corrected chi connectivity index (χ1v) is 9.14. The topological polar surface area (TPSA) is 70.3 Å². The largest absolute Gasteiger partial charge is 0.494 e. The highest BCUT2D eigenvalue weighted by atomic mass is 35.5. The van der Waals surface area contributed by atoms with Gasteiger partial charge in [0, 0.05) is 16.0 Å². The standard InChI is InChI=1S/C19H15ClN4OS/c1-2-25-16-8-6-13(7-9-16)18-12-26-19(22-18)17(11-21)24-23-15-5-3-4-14(20)10-15/h3-10,12,23H,2H2,1H3. The second kappa shape index (κ2) is 8.48. The number of benzene rings is 2. The summed E-state index contributed by atoms with van der Waals surface area (Å²) in [6.07, 6.45) is 0. The van der Waals surface area contributed by atoms with Crippen molar-refractivity contribution in [3.63, 3.8) is 0 Å². The van der Waals surface area contributed by atoms with E-state index < -0.39 is 0 Å². The van der Waals surface area contributed by atoms with Gasteiger partial charge >= 0.3 is 0 Å². The quantitative estimate of drug-likeness (QED) is 0.469. The van der Waals surface area contributed by atoms with Gasteiger partial charge in [0.2, 0.25) is 0 Å². The van der Waals surface area contributed by atoms with Crippen LogP contribution in [0.5, 0.6) is 5.75 Å². The van der Waals surface area contributed by atoms with E-state index in [1.165, 1.54) is 11.3 Å². The minimum atomic E-state index is 0.215. The van der Waals surface area contributed by atoms with E-state index in [2.05, 4.69) is 21.6 Å². The summed E-state index contributed by atoms with van der Waals surface area (Å²) in [5, 5.41) is 16.6. The van der Waals surface area contributed by atoms with Crippen molar-refractivity contribution in [1.29, 1.82) is 5.26 Å². The van der Waals surface area contributed by atoms with Gasteiger partial charge in [-0.1, -0.05) is 17.7 Å². The molecule has 0 saturated carbocycles. The molecule has 0 unspecified atom stereocenters. The van der Waals surface area contributed by atoms with E-state index in [1.807, 2.05) is 42.6 Å². The fourth-order valence-corrected chi connectivity index (χ4v) is 3.16. The summed E-state index contributed by atoms with van der Waals surface area (Å²) in [6.45, 7) is 2.57. The van der Waals surface area contributed by atoms with Crippen LogP contribution in [-0.4, -0.2) is 17.3 Å². The van der Waals surface area contributed by atoms with E-state index >= 15 is 0 Å². The molecule has 0 spiro atoms. The van der Waals surface area contributed by atoms with Crippen LogP contribution in [-0.2, 0) is 0 Å². The van der Waals surface area contributed by atoms with Crippen LogP contribution in [0.25, 0.3) is 11.3 Å². The molecular weight excluding hydrogens is 368 g/mol. The third-order valence-corrected chi connectivity index (χ3v) is 4.48. The monoisotopic (exact) mass is 382 g/mol. The number of ether oxygens (including phenoxy) is 1. The van der Waals surface area contributed by atoms with Crippen molar-refractivity contribution in [2.45, 2.75) is 6.92 Å². The van der Waals surface area contributed by atoms with Crippen molar-refractivity contribution in [3.05, 3.63) is 63.9 Å². The number of thiazole rings is 1. The highest BCUT2D eigenvalue weighted by Crippen LogP contribution is 2.25. The predicted octanol–water partition coefficient (Wildman–Crippen LogP) is 5.20. The van der Waals surface area contributed by atoms with E-state index in [1.54, 1.807) is 18.2 Å². The van der Waals surface area contributed by atoms with Crippen molar-refractivity contribution >= 4 is 34.3 Å². The fourth-order valence-electron chi connectivity index (χ4n) is 2.20. The van der Waals surface area contributed by atoms with Crippen LogP contribution in [0.1, 0.15) is 11.9 Å². The Hall–Kier alpha value is -2.88. The molecule has 0 aliphatic carbocycles. The van der Waals surface area contributed by atoms with Crippen molar-refractivity contribution < 1.29 is 4.74 Å². The zero-order valence-corrected chi connectivity index (χ0v) is 15.5. The number of rotatable bonds is 6. The first-order valence-electron chi connectivity index (χ1n) is 7.88. The Kier molecular flexibility index (Phi) is 5.84. The lowest BCUT2D eigenvalue weighted by Gasteiger charge is -2.03. The number of hydrazone groups is 1. The van der Waals surface area contributed by atoms with Gasteiger partial charge in [-0.05, 0) is 49.4 Å². The average Bonchev–Trinajstić information content (AvgIpc) is 3.13. The summed E-state index contributed by atoms with van der Waals surface area (Å²) in [6, 6.07) is 16.9. The van der Waals surface area contributed by atoms with Crippen molar-refractivity contribution in [2.24, 2.45) is 5.10 Å². The number of hydrogen-bond acceptors (Lipinski definition) is 6. The van der Waals surface area contributed by atoms with E-state index in [-0.39, 0.29) is 5.71 Å². The Morgan fingerprint density at radius 1 is 1.31 bits per heavy atom. The SMILES string of the molecule is CCOc1ccc(-c2csc(C(C#N)=NNc3cccc(Cl)c3)n2)cc1. The Morgan fingerprint density at radius 2 is 2.12 bits per heavy atom. The molecule has 0 aliphatic rings. The molecule has 0 radical (unpaired) electrons. The van der Waals surface area contributed by atoms with Crippen LogP contribution in [0.2, 0.25) is 5.02 Å². The van der Waals surface area contributed by atoms with Gasteiger partial charge in [0.05, 0.1) is 18.0 Å². The van der Waals surface area contributed by atoms with Gasteiger partial charge < -0.3 is 4.74 Å². The van der Waals surface area contributed by atoms with Crippen molar-refractivity contribution in [2.75, 3.05) is 12.0 Å². The second-order valence-electron chi connectivity index (χ2n) is 5.19. The van der Waals surface area contributed by atoms with Gasteiger partial charge in [0.15, 0.2) is 10.7 Å². The number of nitrogens with zero attached hydrogens (tertiary/aromatic N) is 3. The zero-order valence-electron chi connectivity index (χ0n) is 13.9. The third-order valence-electron chi connectivity index (χ3n) is 3.40. The number of nitrogens with one attached hydrogen (secondary N) is 1. The molecule has 5 nitrogen and oxygen atoms in total. The molecule has 0 amide bonds. The molecular formula is C19H15ClN4OS. The van der Waals surface area contributed by atoms with Crippen LogP contribution < -0.4 is 10.2 Å². The molecule has 1 aromatic heterocycles. The molecule has 3 aromatic rings. The average molecular weight is 383 g/mol. The summed E-state index contributed by atoms with van der Waals surface area (Å²) in [7, 11) is 0. The molecule has 0 atom stereocenters. The van der Waals surface area contributed by atoms with Gasteiger partial charge in [-0.25, -0.2) is 4.98 Å². The predicted molar refractivity (Wildman–Crippen MR) is 106 cm³/mol. The van der Waals surface area contributed by atoms with E-state index in [0.29, 0.717) is 22.3 Å². The lowest BCUT2D eigenvalue weighted by Crippen LogP contribution is -2.01. The molecule has 26 heavy (non-hydrogen) atoms. The summed E-state index contributed by atoms with van der Waals surface area (Å²) in [4.78, 5) is 4.52. The van der Waals surface area contributed by atoms with E-state index in [0.717, 1.165) is 17.0 Å². The van der Waals surface area contributed by atoms with Crippen molar-refractivity contribution in [3.8, 4) is 23.1 Å². The smallest absolute Gasteiger partial charge is 0.196 e. The first-order chi connectivity index (χ1) is 12.7. The number of nitriles is 1. The Labute approximate surface area is 160 Å². The van der Waals surface area contributed by atoms with Gasteiger partial charge in [-0.15, -0.1) is 11.3 Å². The van der Waals surface area contributed by atoms with Gasteiger partial charge in [-0.3, -0.25) is 5.43 Å². The lowest BCUT2D eigenvalue weighted by atomic mass is 10.2. The maximum atomic E-state index is 9.39. The van der Waals surface area contributed by atoms with Crippen LogP contribution in [0.3, 0.4) is 0 Å². The Morgan fingerprint density at radius 3 is 2.81 bits per heavy atom. The van der Waals surface area contributed by atoms with Crippen LogP contribution in [0, 0.1) is 11.3 Å². The number of aromatic nitrogens is 1. The minimum absolute atomic E-state index is 0.215. The third kappa shape index (κ3) is 4.39. The van der Waals surface area contributed by atoms with Crippen LogP contribution in [0.15, 0.2) is 59.0 Å². The molecule has 130 valence electrons. The molecule has 1 N–H and O–H groups in total. The molecule has 0 aliphatic heterocycles. The molecule has 2 aromatic carbocycles. The van der Waals surface area contributed by atoms with Gasteiger partial charge in [-0.2, -0.15) is 10.4 Å². The summed E-state index contributed by atoms with van der Waals surface area (Å²) in [5.41, 5.74) is 5.50. The molecule has 1 heterocycles. The number of hydrogen-bond donors (Lipinski definition) is 1. The van der Waals surface area contributed by atoms with Crippen molar-refractivity contribution in [1.82, 2.24) is 4.98 Å². The minimum Gasteiger partial charge on any atom is -0.494 e. The summed E-state index contributed by atoms with van der Waals surface area (Å²) in [5.74, 6) is 0.816. The normalized spacial score (nSPS) is 11.0. The lowest BCUT2D eigenvalue weighted by molar-refractivity contribution is 0.340. The summed E-state index contributed by atoms with van der Waals surface area (Å²) < 4.78 is 5.44. The van der Waals surface area contributed by atoms with Crippen LogP contribution in [0.4, 0.5) is 5.69 Å². The Balaban J connectivity index is 1.78. The summed E-state index contributed by atoms with van der Waals surface area (Å²) >= 11 is 7.31. The van der Waals surface area contributed by atoms with Crippen LogP contribution >= 0.6 is 22.9 Å².